The van der Waals surface area contributed by atoms with Gasteiger partial charge < -0.3 is 15.2 Å². The van der Waals surface area contributed by atoms with E-state index >= 15 is 0 Å². The monoisotopic (exact) mass is 291 g/mol. The Morgan fingerprint density at radius 1 is 1.43 bits per heavy atom. The highest BCUT2D eigenvalue weighted by molar-refractivity contribution is 5.78. The van der Waals surface area contributed by atoms with Crippen LogP contribution < -0.4 is 10.1 Å². The quantitative estimate of drug-likeness (QED) is 0.876. The van der Waals surface area contributed by atoms with Crippen molar-refractivity contribution in [1.82, 2.24) is 5.32 Å². The molecule has 2 rings (SSSR count). The molecule has 1 aromatic carbocycles. The van der Waals surface area contributed by atoms with Crippen molar-refractivity contribution < 1.29 is 14.6 Å². The maximum atomic E-state index is 12.1. The number of aliphatic hydroxyl groups excluding tert-OH is 1. The van der Waals surface area contributed by atoms with Crippen LogP contribution in [0.5, 0.6) is 5.75 Å². The fourth-order valence-corrected chi connectivity index (χ4v) is 2.51. The van der Waals surface area contributed by atoms with E-state index in [1.165, 1.54) is 0 Å². The van der Waals surface area contributed by atoms with Gasteiger partial charge in [-0.2, -0.15) is 0 Å². The Hall–Kier alpha value is -1.55. The summed E-state index contributed by atoms with van der Waals surface area (Å²) in [6.07, 6.45) is 1.80. The van der Waals surface area contributed by atoms with E-state index in [-0.39, 0.29) is 17.9 Å². The number of hydrogen-bond donors (Lipinski definition) is 2. The van der Waals surface area contributed by atoms with Crippen LogP contribution in [0.25, 0.3) is 0 Å². The van der Waals surface area contributed by atoms with Gasteiger partial charge in [0, 0.05) is 17.9 Å². The van der Waals surface area contributed by atoms with Gasteiger partial charge in [-0.25, -0.2) is 0 Å². The van der Waals surface area contributed by atoms with E-state index in [9.17, 15) is 9.90 Å². The summed E-state index contributed by atoms with van der Waals surface area (Å²) in [5, 5.41) is 13.1. The lowest BCUT2D eigenvalue weighted by Crippen LogP contribution is -2.35. The fourth-order valence-electron chi connectivity index (χ4n) is 2.51. The number of hydrogen-bond acceptors (Lipinski definition) is 3. The molecule has 0 fully saturated rings. The van der Waals surface area contributed by atoms with Gasteiger partial charge in [0.2, 0.25) is 5.91 Å². The van der Waals surface area contributed by atoms with Crippen LogP contribution in [0.3, 0.4) is 0 Å². The Labute approximate surface area is 126 Å². The number of carbonyl (C=O) groups is 1. The minimum Gasteiger partial charge on any atom is -0.493 e. The van der Waals surface area contributed by atoms with Crippen LogP contribution in [0.4, 0.5) is 0 Å². The van der Waals surface area contributed by atoms with Crippen molar-refractivity contribution in [2.75, 3.05) is 6.61 Å². The molecule has 4 heteroatoms. The Morgan fingerprint density at radius 3 is 2.86 bits per heavy atom. The van der Waals surface area contributed by atoms with Crippen LogP contribution in [0.2, 0.25) is 0 Å². The van der Waals surface area contributed by atoms with Crippen molar-refractivity contribution in [1.29, 1.82) is 0 Å². The van der Waals surface area contributed by atoms with Gasteiger partial charge in [-0.05, 0) is 30.5 Å². The van der Waals surface area contributed by atoms with E-state index in [1.54, 1.807) is 0 Å². The third-order valence-corrected chi connectivity index (χ3v) is 4.22. The van der Waals surface area contributed by atoms with Gasteiger partial charge in [0.15, 0.2) is 0 Å². The van der Waals surface area contributed by atoms with Gasteiger partial charge in [0.05, 0.1) is 18.8 Å². The average molecular weight is 291 g/mol. The first-order valence-corrected chi connectivity index (χ1v) is 7.81. The molecule has 1 aliphatic heterocycles. The molecular weight excluding hydrogens is 266 g/mol. The van der Waals surface area contributed by atoms with Crippen molar-refractivity contribution in [3.63, 3.8) is 0 Å². The number of ether oxygens (including phenoxy) is 1. The molecular formula is C17H25NO3. The summed E-state index contributed by atoms with van der Waals surface area (Å²) in [5.74, 6) is 0.903. The number of aliphatic hydroxyl groups is 1. The molecule has 0 saturated carbocycles. The Bertz CT molecular complexity index is 501. The number of nitrogens with one attached hydrogen (secondary N) is 1. The van der Waals surface area contributed by atoms with Crippen LogP contribution >= 0.6 is 0 Å². The number of amides is 1. The van der Waals surface area contributed by atoms with Crippen molar-refractivity contribution in [3.05, 3.63) is 29.3 Å². The van der Waals surface area contributed by atoms with E-state index in [2.05, 4.69) is 5.32 Å². The fraction of sp³-hybridized carbons (Fsp3) is 0.588. The molecule has 0 bridgehead atoms. The van der Waals surface area contributed by atoms with E-state index < -0.39 is 6.10 Å². The summed E-state index contributed by atoms with van der Waals surface area (Å²) in [4.78, 5) is 12.1. The molecule has 2 N–H and O–H groups in total. The lowest BCUT2D eigenvalue weighted by molar-refractivity contribution is -0.125. The van der Waals surface area contributed by atoms with Crippen molar-refractivity contribution in [2.24, 2.45) is 5.92 Å². The predicted molar refractivity (Wildman–Crippen MR) is 82.1 cm³/mol. The summed E-state index contributed by atoms with van der Waals surface area (Å²) < 4.78 is 5.66. The molecule has 0 aromatic heterocycles. The molecule has 3 unspecified atom stereocenters. The lowest BCUT2D eigenvalue weighted by Gasteiger charge is -2.28. The summed E-state index contributed by atoms with van der Waals surface area (Å²) in [6, 6.07) is 5.72. The third kappa shape index (κ3) is 3.56. The lowest BCUT2D eigenvalue weighted by atomic mass is 9.95. The summed E-state index contributed by atoms with van der Waals surface area (Å²) in [6.45, 7) is 6.50. The average Bonchev–Trinajstić information content (AvgIpc) is 2.53. The van der Waals surface area contributed by atoms with Crippen LogP contribution in [-0.4, -0.2) is 17.6 Å². The van der Waals surface area contributed by atoms with Gasteiger partial charge in [0.1, 0.15) is 5.75 Å². The van der Waals surface area contributed by atoms with E-state index in [4.69, 9.17) is 4.74 Å². The molecule has 0 radical (unpaired) electrons. The van der Waals surface area contributed by atoms with Crippen LogP contribution in [0.15, 0.2) is 18.2 Å². The highest BCUT2D eigenvalue weighted by atomic mass is 16.5. The van der Waals surface area contributed by atoms with Crippen LogP contribution in [0, 0.1) is 5.92 Å². The number of benzene rings is 1. The van der Waals surface area contributed by atoms with Gasteiger partial charge in [-0.1, -0.05) is 26.8 Å². The molecule has 0 aliphatic carbocycles. The molecule has 3 atom stereocenters. The van der Waals surface area contributed by atoms with Crippen molar-refractivity contribution in [3.8, 4) is 5.75 Å². The first-order chi connectivity index (χ1) is 10.1. The standard InChI is InChI=1S/C17H25NO3/c1-4-11(3)17(20)18-14-8-9-21-16-7-6-12(10-13(14)16)15(19)5-2/h6-7,10-11,14-15,19H,4-5,8-9H2,1-3H3,(H,18,20). The number of carbonyl (C=O) groups excluding carboxylic acids is 1. The minimum atomic E-state index is -0.469. The highest BCUT2D eigenvalue weighted by Gasteiger charge is 2.25. The summed E-state index contributed by atoms with van der Waals surface area (Å²) >= 11 is 0. The second-order valence-corrected chi connectivity index (χ2v) is 5.73. The number of rotatable bonds is 5. The smallest absolute Gasteiger partial charge is 0.223 e. The molecule has 0 spiro atoms. The zero-order valence-electron chi connectivity index (χ0n) is 13.1. The van der Waals surface area contributed by atoms with Crippen LogP contribution in [0.1, 0.15) is 63.3 Å². The largest absolute Gasteiger partial charge is 0.493 e. The second kappa shape index (κ2) is 6.94. The molecule has 116 valence electrons. The van der Waals surface area contributed by atoms with Gasteiger partial charge in [0.25, 0.3) is 0 Å². The molecule has 0 saturated heterocycles. The normalized spacial score (nSPS) is 20.1. The molecule has 4 nitrogen and oxygen atoms in total. The first kappa shape index (κ1) is 15.8. The van der Waals surface area contributed by atoms with E-state index in [1.807, 2.05) is 39.0 Å². The van der Waals surface area contributed by atoms with Gasteiger partial charge >= 0.3 is 0 Å². The molecule has 21 heavy (non-hydrogen) atoms. The van der Waals surface area contributed by atoms with E-state index in [0.717, 1.165) is 29.7 Å². The van der Waals surface area contributed by atoms with Crippen LogP contribution in [-0.2, 0) is 4.79 Å². The van der Waals surface area contributed by atoms with Crippen molar-refractivity contribution >= 4 is 5.91 Å². The molecule has 1 amide bonds. The topological polar surface area (TPSA) is 58.6 Å². The Morgan fingerprint density at radius 2 is 2.19 bits per heavy atom. The second-order valence-electron chi connectivity index (χ2n) is 5.73. The molecule has 1 aliphatic rings. The van der Waals surface area contributed by atoms with Gasteiger partial charge in [-0.3, -0.25) is 4.79 Å². The Balaban J connectivity index is 2.22. The minimum absolute atomic E-state index is 0.0145. The predicted octanol–water partition coefficient (Wildman–Crippen LogP) is 3.12. The first-order valence-electron chi connectivity index (χ1n) is 7.81. The van der Waals surface area contributed by atoms with Crippen molar-refractivity contribution in [2.45, 2.75) is 52.2 Å². The van der Waals surface area contributed by atoms with Gasteiger partial charge in [-0.15, -0.1) is 0 Å². The Kier molecular flexibility index (Phi) is 5.23. The molecule has 1 heterocycles. The summed E-state index contributed by atoms with van der Waals surface area (Å²) in [7, 11) is 0. The zero-order valence-corrected chi connectivity index (χ0v) is 13.1. The SMILES string of the molecule is CCC(C)C(=O)NC1CCOc2ccc(C(O)CC)cc21. The van der Waals surface area contributed by atoms with E-state index in [0.29, 0.717) is 13.0 Å². The maximum Gasteiger partial charge on any atom is 0.223 e. The summed E-state index contributed by atoms with van der Waals surface area (Å²) in [5.41, 5.74) is 1.85. The zero-order chi connectivity index (χ0) is 15.4. The maximum absolute atomic E-state index is 12.1. The molecule has 1 aromatic rings. The number of fused-ring (bicyclic) bond motifs is 1. The highest BCUT2D eigenvalue weighted by Crippen LogP contribution is 2.34. The third-order valence-electron chi connectivity index (χ3n) is 4.22.